The Hall–Kier alpha value is -3.01. The number of benzene rings is 2. The highest BCUT2D eigenvalue weighted by atomic mass is 16.5. The van der Waals surface area contributed by atoms with Gasteiger partial charge in [-0.25, -0.2) is 4.98 Å². The van der Waals surface area contributed by atoms with E-state index in [-0.39, 0.29) is 0 Å². The van der Waals surface area contributed by atoms with Crippen molar-refractivity contribution in [1.29, 1.82) is 0 Å². The van der Waals surface area contributed by atoms with Gasteiger partial charge in [-0.2, -0.15) is 0 Å². The minimum atomic E-state index is 0.494. The van der Waals surface area contributed by atoms with Gasteiger partial charge in [-0.3, -0.25) is 0 Å². The first-order valence-electron chi connectivity index (χ1n) is 8.77. The lowest BCUT2D eigenvalue weighted by atomic mass is 10.1. The van der Waals surface area contributed by atoms with Gasteiger partial charge in [-0.1, -0.05) is 30.3 Å². The van der Waals surface area contributed by atoms with E-state index in [0.717, 1.165) is 22.9 Å². The Kier molecular flexibility index (Phi) is 6.09. The Labute approximate surface area is 154 Å². The van der Waals surface area contributed by atoms with Crippen LogP contribution >= 0.6 is 0 Å². The van der Waals surface area contributed by atoms with Gasteiger partial charge >= 0.3 is 0 Å². The van der Waals surface area contributed by atoms with E-state index < -0.39 is 0 Å². The first-order chi connectivity index (χ1) is 12.7. The third-order valence-corrected chi connectivity index (χ3v) is 3.90. The van der Waals surface area contributed by atoms with Gasteiger partial charge in [0.05, 0.1) is 0 Å². The van der Waals surface area contributed by atoms with Gasteiger partial charge in [0, 0.05) is 18.3 Å². The fourth-order valence-electron chi connectivity index (χ4n) is 2.77. The van der Waals surface area contributed by atoms with E-state index in [9.17, 15) is 0 Å². The van der Waals surface area contributed by atoms with Crippen LogP contribution in [-0.2, 0) is 6.54 Å². The second-order valence-electron chi connectivity index (χ2n) is 6.20. The summed E-state index contributed by atoms with van der Waals surface area (Å²) < 4.78 is 11.7. The van der Waals surface area contributed by atoms with Crippen molar-refractivity contribution in [3.63, 3.8) is 0 Å². The highest BCUT2D eigenvalue weighted by Gasteiger charge is 2.04. The first-order valence-corrected chi connectivity index (χ1v) is 8.77. The molecule has 0 bridgehead atoms. The van der Waals surface area contributed by atoms with Crippen LogP contribution in [0.15, 0.2) is 66.9 Å². The van der Waals surface area contributed by atoms with E-state index in [1.807, 2.05) is 48.5 Å². The summed E-state index contributed by atoms with van der Waals surface area (Å²) in [5.74, 6) is 2.59. The molecule has 0 aliphatic heterocycles. The van der Waals surface area contributed by atoms with Crippen molar-refractivity contribution >= 4 is 5.82 Å². The molecule has 1 heterocycles. The SMILES string of the molecule is Cc1cc(C)cc(OCCOc2ccccc2CNc2ccccn2)c1. The third-order valence-electron chi connectivity index (χ3n) is 3.90. The lowest BCUT2D eigenvalue weighted by Crippen LogP contribution is -2.11. The van der Waals surface area contributed by atoms with Crippen LogP contribution < -0.4 is 14.8 Å². The second kappa shape index (κ2) is 8.90. The molecule has 4 nitrogen and oxygen atoms in total. The lowest BCUT2D eigenvalue weighted by molar-refractivity contribution is 0.216. The van der Waals surface area contributed by atoms with Crippen molar-refractivity contribution < 1.29 is 9.47 Å². The predicted octanol–water partition coefficient (Wildman–Crippen LogP) is 4.77. The zero-order chi connectivity index (χ0) is 18.2. The number of pyridine rings is 1. The highest BCUT2D eigenvalue weighted by molar-refractivity contribution is 5.39. The van der Waals surface area contributed by atoms with Gasteiger partial charge < -0.3 is 14.8 Å². The maximum absolute atomic E-state index is 5.92. The number of aryl methyl sites for hydroxylation is 2. The summed E-state index contributed by atoms with van der Waals surface area (Å²) in [6.45, 7) is 5.80. The molecule has 0 amide bonds. The predicted molar refractivity (Wildman–Crippen MR) is 105 cm³/mol. The fraction of sp³-hybridized carbons (Fsp3) is 0.227. The molecule has 0 spiro atoms. The Bertz CT molecular complexity index is 814. The van der Waals surface area contributed by atoms with E-state index in [2.05, 4.69) is 36.3 Å². The van der Waals surface area contributed by atoms with E-state index in [1.165, 1.54) is 11.1 Å². The summed E-state index contributed by atoms with van der Waals surface area (Å²) in [6.07, 6.45) is 1.77. The molecule has 0 atom stereocenters. The maximum Gasteiger partial charge on any atom is 0.126 e. The second-order valence-corrected chi connectivity index (χ2v) is 6.20. The summed E-state index contributed by atoms with van der Waals surface area (Å²) in [5.41, 5.74) is 3.49. The number of ether oxygens (including phenoxy) is 2. The third kappa shape index (κ3) is 5.24. The summed E-state index contributed by atoms with van der Waals surface area (Å²) in [5, 5.41) is 3.31. The van der Waals surface area contributed by atoms with Crippen LogP contribution in [0.25, 0.3) is 0 Å². The molecule has 0 unspecified atom stereocenters. The molecule has 1 N–H and O–H groups in total. The molecule has 3 aromatic rings. The molecule has 1 aromatic heterocycles. The molecule has 26 heavy (non-hydrogen) atoms. The molecule has 0 saturated heterocycles. The molecule has 134 valence electrons. The Morgan fingerprint density at radius 3 is 2.35 bits per heavy atom. The average Bonchev–Trinajstić information content (AvgIpc) is 2.64. The number of hydrogen-bond acceptors (Lipinski definition) is 4. The van der Waals surface area contributed by atoms with E-state index in [1.54, 1.807) is 6.20 Å². The quantitative estimate of drug-likeness (QED) is 0.596. The zero-order valence-electron chi connectivity index (χ0n) is 15.2. The van der Waals surface area contributed by atoms with E-state index in [4.69, 9.17) is 9.47 Å². The molecule has 0 aliphatic carbocycles. The van der Waals surface area contributed by atoms with Crippen molar-refractivity contribution in [1.82, 2.24) is 4.98 Å². The topological polar surface area (TPSA) is 43.4 Å². The summed E-state index contributed by atoms with van der Waals surface area (Å²) in [7, 11) is 0. The average molecular weight is 348 g/mol. The molecule has 0 aliphatic rings. The van der Waals surface area contributed by atoms with Crippen molar-refractivity contribution in [3.8, 4) is 11.5 Å². The van der Waals surface area contributed by atoms with Crippen LogP contribution in [0.1, 0.15) is 16.7 Å². The monoisotopic (exact) mass is 348 g/mol. The van der Waals surface area contributed by atoms with Crippen LogP contribution in [-0.4, -0.2) is 18.2 Å². The normalized spacial score (nSPS) is 10.4. The van der Waals surface area contributed by atoms with Gasteiger partial charge in [0.15, 0.2) is 0 Å². The fourth-order valence-corrected chi connectivity index (χ4v) is 2.77. The van der Waals surface area contributed by atoms with Crippen LogP contribution in [0.3, 0.4) is 0 Å². The molecule has 0 radical (unpaired) electrons. The van der Waals surface area contributed by atoms with E-state index >= 15 is 0 Å². The van der Waals surface area contributed by atoms with Crippen molar-refractivity contribution in [2.24, 2.45) is 0 Å². The van der Waals surface area contributed by atoms with Gasteiger partial charge in [-0.15, -0.1) is 0 Å². The Morgan fingerprint density at radius 2 is 1.58 bits per heavy atom. The number of hydrogen-bond donors (Lipinski definition) is 1. The highest BCUT2D eigenvalue weighted by Crippen LogP contribution is 2.20. The van der Waals surface area contributed by atoms with Gasteiger partial charge in [0.25, 0.3) is 0 Å². The van der Waals surface area contributed by atoms with Gasteiger partial charge in [0.1, 0.15) is 30.5 Å². The zero-order valence-corrected chi connectivity index (χ0v) is 15.2. The van der Waals surface area contributed by atoms with Gasteiger partial charge in [-0.05, 0) is 55.3 Å². The van der Waals surface area contributed by atoms with Crippen molar-refractivity contribution in [2.45, 2.75) is 20.4 Å². The van der Waals surface area contributed by atoms with Crippen LogP contribution in [0, 0.1) is 13.8 Å². The van der Waals surface area contributed by atoms with Crippen molar-refractivity contribution in [2.75, 3.05) is 18.5 Å². The molecule has 0 saturated carbocycles. The number of anilines is 1. The number of rotatable bonds is 8. The summed E-state index contributed by atoms with van der Waals surface area (Å²) in [6, 6.07) is 20.0. The van der Waals surface area contributed by atoms with Crippen LogP contribution in [0.2, 0.25) is 0 Å². The molecular formula is C22H24N2O2. The number of aromatic nitrogens is 1. The minimum Gasteiger partial charge on any atom is -0.490 e. The van der Waals surface area contributed by atoms with Gasteiger partial charge in [0.2, 0.25) is 0 Å². The molecule has 3 rings (SSSR count). The maximum atomic E-state index is 5.92. The first kappa shape index (κ1) is 17.8. The van der Waals surface area contributed by atoms with Crippen LogP contribution in [0.5, 0.6) is 11.5 Å². The largest absolute Gasteiger partial charge is 0.490 e. The lowest BCUT2D eigenvalue weighted by Gasteiger charge is -2.13. The molecular weight excluding hydrogens is 324 g/mol. The summed E-state index contributed by atoms with van der Waals surface area (Å²) >= 11 is 0. The molecule has 4 heteroatoms. The minimum absolute atomic E-state index is 0.494. The molecule has 0 fully saturated rings. The standard InChI is InChI=1S/C22H24N2O2/c1-17-13-18(2)15-20(14-17)25-11-12-26-21-8-4-3-7-19(21)16-24-22-9-5-6-10-23-22/h3-10,13-15H,11-12,16H2,1-2H3,(H,23,24). The van der Waals surface area contributed by atoms with Crippen LogP contribution in [0.4, 0.5) is 5.82 Å². The Balaban J connectivity index is 1.51. The van der Waals surface area contributed by atoms with E-state index in [0.29, 0.717) is 19.8 Å². The molecule has 2 aromatic carbocycles. The van der Waals surface area contributed by atoms with Crippen molar-refractivity contribution in [3.05, 3.63) is 83.6 Å². The Morgan fingerprint density at radius 1 is 0.846 bits per heavy atom. The number of nitrogens with zero attached hydrogens (tertiary/aromatic N) is 1. The number of nitrogens with one attached hydrogen (secondary N) is 1. The number of para-hydroxylation sites is 1. The summed E-state index contributed by atoms with van der Waals surface area (Å²) in [4.78, 5) is 4.27. The smallest absolute Gasteiger partial charge is 0.126 e.